The number of phosphoric acid groups is 1. The van der Waals surface area contributed by atoms with E-state index in [1.807, 2.05) is 33.3 Å². The summed E-state index contributed by atoms with van der Waals surface area (Å²) in [7, 11) is 1.46. The summed E-state index contributed by atoms with van der Waals surface area (Å²) in [6.07, 6.45) is 65.8. The Morgan fingerprint density at radius 3 is 1.37 bits per heavy atom. The second-order valence-corrected chi connectivity index (χ2v) is 21.9. The lowest BCUT2D eigenvalue weighted by atomic mass is 10.1. The molecule has 0 saturated carbocycles. The highest BCUT2D eigenvalue weighted by Gasteiger charge is 2.30. The minimum Gasteiger partial charge on any atom is -0.456 e. The smallest absolute Gasteiger partial charge is 0.456 e. The molecule has 9 nitrogen and oxygen atoms in total. The van der Waals surface area contributed by atoms with Crippen LogP contribution in [0.25, 0.3) is 0 Å². The molecule has 0 rings (SSSR count). The molecular weight excluding hydrogens is 904 g/mol. The van der Waals surface area contributed by atoms with E-state index in [0.717, 1.165) is 96.3 Å². The molecule has 0 spiro atoms. The highest BCUT2D eigenvalue weighted by atomic mass is 31.2. The maximum atomic E-state index is 13.5. The van der Waals surface area contributed by atoms with Crippen LogP contribution in [-0.2, 0) is 27.9 Å². The molecule has 1 amide bonds. The topological polar surface area (TPSA) is 111 Å². The Bertz CT molecular complexity index is 1490. The van der Waals surface area contributed by atoms with Crippen LogP contribution in [0.3, 0.4) is 0 Å². The second-order valence-electron chi connectivity index (χ2n) is 20.4. The van der Waals surface area contributed by atoms with Crippen LogP contribution in [0.2, 0.25) is 0 Å². The predicted molar refractivity (Wildman–Crippen MR) is 304 cm³/mol. The number of esters is 1. The van der Waals surface area contributed by atoms with Gasteiger partial charge < -0.3 is 19.4 Å². The van der Waals surface area contributed by atoms with Crippen molar-refractivity contribution >= 4 is 19.7 Å². The number of quaternary nitrogens is 1. The van der Waals surface area contributed by atoms with Crippen LogP contribution in [-0.4, -0.2) is 74.3 Å². The molecule has 0 aromatic heterocycles. The largest absolute Gasteiger partial charge is 0.472 e. The molecule has 3 atom stereocenters. The number of nitrogens with one attached hydrogen (secondary N) is 1. The van der Waals surface area contributed by atoms with Crippen LogP contribution in [0.1, 0.15) is 239 Å². The maximum Gasteiger partial charge on any atom is 0.472 e. The Kier molecular flexibility index (Phi) is 48.7. The van der Waals surface area contributed by atoms with Crippen LogP contribution in [0.5, 0.6) is 0 Å². The molecule has 0 aromatic rings. The second kappa shape index (κ2) is 50.7. The van der Waals surface area contributed by atoms with Gasteiger partial charge in [-0.1, -0.05) is 209 Å². The minimum absolute atomic E-state index is 0.0279. The van der Waals surface area contributed by atoms with Crippen LogP contribution >= 0.6 is 7.82 Å². The summed E-state index contributed by atoms with van der Waals surface area (Å²) >= 11 is 0. The Morgan fingerprint density at radius 1 is 0.507 bits per heavy atom. The first-order chi connectivity index (χ1) is 34.4. The maximum absolute atomic E-state index is 13.5. The zero-order valence-electron chi connectivity index (χ0n) is 46.7. The van der Waals surface area contributed by atoms with Gasteiger partial charge in [-0.2, -0.15) is 0 Å². The molecule has 410 valence electrons. The number of unbranched alkanes of at least 4 members (excludes halogenated alkanes) is 23. The van der Waals surface area contributed by atoms with E-state index in [2.05, 4.69) is 99.0 Å². The molecular formula is C61H110N2O7P+. The molecule has 3 unspecified atom stereocenters. The normalized spacial score (nSPS) is 14.4. The summed E-state index contributed by atoms with van der Waals surface area (Å²) < 4.78 is 30.6. The molecule has 0 fully saturated rings. The molecule has 0 saturated heterocycles. The monoisotopic (exact) mass is 1010 g/mol. The third kappa shape index (κ3) is 51.9. The Hall–Kier alpha value is -2.81. The van der Waals surface area contributed by atoms with Crippen molar-refractivity contribution in [3.05, 3.63) is 85.1 Å². The van der Waals surface area contributed by atoms with Gasteiger partial charge >= 0.3 is 13.8 Å². The SMILES string of the molecule is CC/C=C\C/C=C\C/C=C\C/C=C\C/C=C\CCCCCC(=O)NC(COP(=O)(O)OCC[N+](C)(C)C)C(/C=C\CCCCCCCCCCCC)OC(=O)CCCCC/C=C\CCCCCCCCC. The molecule has 2 N–H and O–H groups in total. The van der Waals surface area contributed by atoms with Gasteiger partial charge in [0.2, 0.25) is 5.91 Å². The first-order valence-electron chi connectivity index (χ1n) is 28.9. The van der Waals surface area contributed by atoms with Crippen molar-refractivity contribution in [1.82, 2.24) is 5.32 Å². The van der Waals surface area contributed by atoms with Gasteiger partial charge in [0.25, 0.3) is 0 Å². The number of carbonyl (C=O) groups excluding carboxylic acids is 2. The fourth-order valence-corrected chi connectivity index (χ4v) is 8.58. The molecule has 0 aromatic carbocycles. The fourth-order valence-electron chi connectivity index (χ4n) is 7.84. The number of ether oxygens (including phenoxy) is 1. The van der Waals surface area contributed by atoms with Gasteiger partial charge in [-0.25, -0.2) is 4.57 Å². The molecule has 71 heavy (non-hydrogen) atoms. The van der Waals surface area contributed by atoms with Gasteiger partial charge in [0.15, 0.2) is 0 Å². The molecule has 10 heteroatoms. The standard InChI is InChI=1S/C61H109N2O7P/c1-7-10-13-16-19-22-25-28-30-31-32-33-34-35-38-41-44-47-50-53-60(64)62-58(57-69-71(66,67)68-56-55-63(4,5)6)59(52-49-46-43-40-37-27-24-21-18-15-12-9-3)70-61(65)54-51-48-45-42-39-36-29-26-23-20-17-14-11-8-2/h10,13,19,22,28,30,32-33,35-36,38-39,49,52,58-59H,7-9,11-12,14-18,20-21,23-27,29,31,34,37,40-48,50-51,53-57H2,1-6H3,(H-,62,64,66,67)/p+1/b13-10-,22-19-,30-28-,33-32-,38-35-,39-36-,52-49-. The number of rotatable bonds is 51. The van der Waals surface area contributed by atoms with Crippen molar-refractivity contribution < 1.29 is 37.3 Å². The van der Waals surface area contributed by atoms with Crippen LogP contribution in [0.15, 0.2) is 85.1 Å². The van der Waals surface area contributed by atoms with Crippen molar-refractivity contribution in [2.45, 2.75) is 251 Å². The summed E-state index contributed by atoms with van der Waals surface area (Å²) in [5.74, 6) is -0.565. The van der Waals surface area contributed by atoms with Crippen molar-refractivity contribution in [1.29, 1.82) is 0 Å². The molecule has 0 aliphatic carbocycles. The Morgan fingerprint density at radius 2 is 0.901 bits per heavy atom. The van der Waals surface area contributed by atoms with Crippen LogP contribution in [0.4, 0.5) is 0 Å². The molecule has 0 radical (unpaired) electrons. The molecule has 0 aliphatic heterocycles. The third-order valence-electron chi connectivity index (χ3n) is 12.3. The number of phosphoric ester groups is 1. The summed E-state index contributed by atoms with van der Waals surface area (Å²) in [5, 5.41) is 3.02. The van der Waals surface area contributed by atoms with Crippen molar-refractivity contribution in [3.63, 3.8) is 0 Å². The highest BCUT2D eigenvalue weighted by Crippen LogP contribution is 2.43. The van der Waals surface area contributed by atoms with Crippen molar-refractivity contribution in [3.8, 4) is 0 Å². The van der Waals surface area contributed by atoms with E-state index in [-0.39, 0.29) is 37.9 Å². The molecule has 0 heterocycles. The molecule has 0 aliphatic rings. The van der Waals surface area contributed by atoms with E-state index >= 15 is 0 Å². The van der Waals surface area contributed by atoms with Gasteiger partial charge in [-0.3, -0.25) is 18.6 Å². The van der Waals surface area contributed by atoms with Crippen LogP contribution < -0.4 is 5.32 Å². The minimum atomic E-state index is -4.46. The van der Waals surface area contributed by atoms with E-state index in [1.165, 1.54) is 96.3 Å². The lowest BCUT2D eigenvalue weighted by Gasteiger charge is -2.27. The predicted octanol–water partition coefficient (Wildman–Crippen LogP) is 17.4. The summed E-state index contributed by atoms with van der Waals surface area (Å²) in [4.78, 5) is 37.6. The van der Waals surface area contributed by atoms with Gasteiger partial charge in [-0.05, 0) is 102 Å². The van der Waals surface area contributed by atoms with E-state index in [9.17, 15) is 19.0 Å². The average Bonchev–Trinajstić information content (AvgIpc) is 3.33. The van der Waals surface area contributed by atoms with Gasteiger partial charge in [0, 0.05) is 12.8 Å². The summed E-state index contributed by atoms with van der Waals surface area (Å²) in [6.45, 7) is 6.84. The van der Waals surface area contributed by atoms with Crippen molar-refractivity contribution in [2.24, 2.45) is 0 Å². The lowest BCUT2D eigenvalue weighted by molar-refractivity contribution is -0.870. The fraction of sp³-hybridized carbons (Fsp3) is 0.738. The van der Waals surface area contributed by atoms with E-state index < -0.39 is 20.0 Å². The van der Waals surface area contributed by atoms with Gasteiger partial charge in [0.1, 0.15) is 19.3 Å². The van der Waals surface area contributed by atoms with Gasteiger partial charge in [0.05, 0.1) is 33.8 Å². The number of nitrogens with zero attached hydrogens (tertiary/aromatic N) is 1. The number of amides is 1. The van der Waals surface area contributed by atoms with Gasteiger partial charge in [-0.15, -0.1) is 0 Å². The van der Waals surface area contributed by atoms with E-state index in [1.54, 1.807) is 0 Å². The Balaban J connectivity index is 5.42. The lowest BCUT2D eigenvalue weighted by Crippen LogP contribution is -2.47. The van der Waals surface area contributed by atoms with E-state index in [0.29, 0.717) is 23.9 Å². The summed E-state index contributed by atoms with van der Waals surface area (Å²) in [5.41, 5.74) is 0. The number of allylic oxidation sites excluding steroid dienone is 13. The average molecular weight is 1010 g/mol. The van der Waals surface area contributed by atoms with Crippen molar-refractivity contribution in [2.75, 3.05) is 40.9 Å². The zero-order chi connectivity index (χ0) is 52.2. The zero-order valence-corrected chi connectivity index (χ0v) is 47.6. The molecule has 0 bridgehead atoms. The van der Waals surface area contributed by atoms with E-state index in [4.69, 9.17) is 13.8 Å². The third-order valence-corrected chi connectivity index (χ3v) is 13.3. The number of likely N-dealkylation sites (N-methyl/N-ethyl adjacent to an activating group) is 1. The van der Waals surface area contributed by atoms with Crippen LogP contribution in [0, 0.1) is 0 Å². The first kappa shape index (κ1) is 68.2. The first-order valence-corrected chi connectivity index (χ1v) is 30.4. The number of hydrogen-bond acceptors (Lipinski definition) is 6. The number of carbonyl (C=O) groups is 2. The summed E-state index contributed by atoms with van der Waals surface area (Å²) in [6, 6.07) is -0.874. The number of hydrogen-bond donors (Lipinski definition) is 2. The quantitative estimate of drug-likeness (QED) is 0.0205. The Labute approximate surface area is 437 Å². The highest BCUT2D eigenvalue weighted by molar-refractivity contribution is 7.47.